The molecule has 0 radical (unpaired) electrons. The van der Waals surface area contributed by atoms with Crippen molar-refractivity contribution in [1.82, 2.24) is 0 Å². The molecule has 2 heteroatoms. The summed E-state index contributed by atoms with van der Waals surface area (Å²) in [5, 5.41) is 3.61. The molecule has 0 bridgehead atoms. The van der Waals surface area contributed by atoms with E-state index < -0.39 is 0 Å². The molecule has 106 valence electrons. The van der Waals surface area contributed by atoms with Gasteiger partial charge in [-0.15, -0.1) is 0 Å². The van der Waals surface area contributed by atoms with Crippen LogP contribution < -0.4 is 5.32 Å². The third-order valence-corrected chi connectivity index (χ3v) is 4.42. The predicted molar refractivity (Wildman–Crippen MR) is 80.0 cm³/mol. The second kappa shape index (κ2) is 5.52. The van der Waals surface area contributed by atoms with Gasteiger partial charge in [-0.05, 0) is 48.8 Å². The van der Waals surface area contributed by atoms with E-state index in [0.717, 1.165) is 11.3 Å². The molecule has 2 unspecified atom stereocenters. The molecular weight excluding hydrogens is 237 g/mol. The van der Waals surface area contributed by atoms with Crippen molar-refractivity contribution in [3.05, 3.63) is 29.6 Å². The summed E-state index contributed by atoms with van der Waals surface area (Å²) < 4.78 is 13.4. The zero-order valence-corrected chi connectivity index (χ0v) is 12.6. The molecule has 0 heterocycles. The van der Waals surface area contributed by atoms with E-state index in [0.29, 0.717) is 17.4 Å². The molecule has 1 aliphatic carbocycles. The van der Waals surface area contributed by atoms with E-state index in [-0.39, 0.29) is 5.82 Å². The molecule has 1 aromatic carbocycles. The topological polar surface area (TPSA) is 12.0 Å². The maximum atomic E-state index is 13.4. The Morgan fingerprint density at radius 1 is 1.16 bits per heavy atom. The normalized spacial score (nSPS) is 24.3. The average molecular weight is 263 g/mol. The van der Waals surface area contributed by atoms with Crippen LogP contribution in [0.3, 0.4) is 0 Å². The second-order valence-corrected chi connectivity index (χ2v) is 6.97. The lowest BCUT2D eigenvalue weighted by Gasteiger charge is -2.41. The highest BCUT2D eigenvalue weighted by Gasteiger charge is 2.34. The lowest BCUT2D eigenvalue weighted by Crippen LogP contribution is -2.39. The van der Waals surface area contributed by atoms with Crippen LogP contribution in [0.15, 0.2) is 18.2 Å². The molecule has 0 aromatic heterocycles. The monoisotopic (exact) mass is 263 g/mol. The van der Waals surface area contributed by atoms with Crippen LogP contribution in [0.25, 0.3) is 0 Å². The third-order valence-electron chi connectivity index (χ3n) is 4.42. The predicted octanol–water partition coefficient (Wildman–Crippen LogP) is 5.15. The molecule has 0 aliphatic heterocycles. The lowest BCUT2D eigenvalue weighted by molar-refractivity contribution is 0.163. The Kier molecular flexibility index (Phi) is 4.17. The highest BCUT2D eigenvalue weighted by molar-refractivity contribution is 5.51. The molecule has 1 N–H and O–H groups in total. The Bertz CT molecular complexity index is 433. The van der Waals surface area contributed by atoms with Gasteiger partial charge < -0.3 is 5.32 Å². The number of anilines is 1. The van der Waals surface area contributed by atoms with Crippen molar-refractivity contribution in [2.45, 2.75) is 59.4 Å². The van der Waals surface area contributed by atoms with Crippen LogP contribution in [-0.2, 0) is 0 Å². The van der Waals surface area contributed by atoms with Crippen LogP contribution in [0.1, 0.15) is 52.0 Å². The smallest absolute Gasteiger partial charge is 0.125 e. The van der Waals surface area contributed by atoms with Crippen LogP contribution in [0.2, 0.25) is 0 Å². The summed E-state index contributed by atoms with van der Waals surface area (Å²) in [4.78, 5) is 0. The van der Waals surface area contributed by atoms with Crippen molar-refractivity contribution in [2.24, 2.45) is 11.3 Å². The van der Waals surface area contributed by atoms with Gasteiger partial charge in [0.1, 0.15) is 5.82 Å². The fourth-order valence-electron chi connectivity index (χ4n) is 3.29. The van der Waals surface area contributed by atoms with Crippen LogP contribution in [0, 0.1) is 24.1 Å². The molecule has 1 nitrogen and oxygen atoms in total. The zero-order chi connectivity index (χ0) is 14.0. The Morgan fingerprint density at radius 2 is 1.84 bits per heavy atom. The maximum absolute atomic E-state index is 13.4. The minimum atomic E-state index is -0.156. The number of nitrogens with one attached hydrogen (secondary N) is 1. The van der Waals surface area contributed by atoms with Crippen LogP contribution in [0.4, 0.5) is 10.1 Å². The summed E-state index contributed by atoms with van der Waals surface area (Å²) in [5.41, 5.74) is 2.39. The first-order valence-electron chi connectivity index (χ1n) is 7.40. The van der Waals surface area contributed by atoms with Crippen molar-refractivity contribution >= 4 is 5.69 Å². The number of hydrogen-bond acceptors (Lipinski definition) is 1. The largest absolute Gasteiger partial charge is 0.382 e. The average Bonchev–Trinajstić information content (AvgIpc) is 2.33. The van der Waals surface area contributed by atoms with E-state index in [1.807, 2.05) is 13.0 Å². The van der Waals surface area contributed by atoms with Crippen molar-refractivity contribution < 1.29 is 4.39 Å². The van der Waals surface area contributed by atoms with E-state index >= 15 is 0 Å². The van der Waals surface area contributed by atoms with Crippen molar-refractivity contribution in [2.75, 3.05) is 5.32 Å². The first-order chi connectivity index (χ1) is 8.88. The van der Waals surface area contributed by atoms with E-state index in [9.17, 15) is 4.39 Å². The van der Waals surface area contributed by atoms with E-state index in [1.165, 1.54) is 31.7 Å². The molecule has 0 spiro atoms. The van der Waals surface area contributed by atoms with Crippen LogP contribution >= 0.6 is 0 Å². The Labute approximate surface area is 116 Å². The van der Waals surface area contributed by atoms with Crippen molar-refractivity contribution in [1.29, 1.82) is 0 Å². The van der Waals surface area contributed by atoms with Crippen LogP contribution in [-0.4, -0.2) is 6.04 Å². The Hall–Kier alpha value is -1.05. The number of aryl methyl sites for hydroxylation is 1. The van der Waals surface area contributed by atoms with Gasteiger partial charge in [0.05, 0.1) is 0 Å². The van der Waals surface area contributed by atoms with E-state index in [4.69, 9.17) is 0 Å². The van der Waals surface area contributed by atoms with Gasteiger partial charge in [-0.1, -0.05) is 39.7 Å². The van der Waals surface area contributed by atoms with Gasteiger partial charge in [0, 0.05) is 11.7 Å². The first-order valence-corrected chi connectivity index (χ1v) is 7.40. The molecule has 1 aromatic rings. The SMILES string of the molecule is Cc1ccc(F)cc1NC1CCCCC1C(C)(C)C. The molecule has 1 fully saturated rings. The minimum absolute atomic E-state index is 0.156. The van der Waals surface area contributed by atoms with E-state index in [1.54, 1.807) is 6.07 Å². The summed E-state index contributed by atoms with van der Waals surface area (Å²) in [6.45, 7) is 8.99. The van der Waals surface area contributed by atoms with Crippen molar-refractivity contribution in [3.8, 4) is 0 Å². The minimum Gasteiger partial charge on any atom is -0.382 e. The Morgan fingerprint density at radius 3 is 2.53 bits per heavy atom. The number of hydrogen-bond donors (Lipinski definition) is 1. The van der Waals surface area contributed by atoms with Gasteiger partial charge in [0.15, 0.2) is 0 Å². The molecule has 0 amide bonds. The summed E-state index contributed by atoms with van der Waals surface area (Å²) in [5.74, 6) is 0.500. The molecule has 1 saturated carbocycles. The standard InChI is InChI=1S/C17H26FN/c1-12-9-10-13(18)11-16(12)19-15-8-6-5-7-14(15)17(2,3)4/h9-11,14-15,19H,5-8H2,1-4H3. The summed E-state index contributed by atoms with van der Waals surface area (Å²) in [6.07, 6.45) is 5.06. The van der Waals surface area contributed by atoms with Gasteiger partial charge in [-0.3, -0.25) is 0 Å². The van der Waals surface area contributed by atoms with E-state index in [2.05, 4.69) is 26.1 Å². The quantitative estimate of drug-likeness (QED) is 0.778. The second-order valence-electron chi connectivity index (χ2n) is 6.97. The van der Waals surface area contributed by atoms with Gasteiger partial charge in [-0.2, -0.15) is 0 Å². The fourth-order valence-corrected chi connectivity index (χ4v) is 3.29. The molecule has 1 aliphatic rings. The number of benzene rings is 1. The van der Waals surface area contributed by atoms with Gasteiger partial charge in [0.2, 0.25) is 0 Å². The summed E-state index contributed by atoms with van der Waals surface area (Å²) in [6, 6.07) is 5.48. The van der Waals surface area contributed by atoms with Gasteiger partial charge in [-0.25, -0.2) is 4.39 Å². The van der Waals surface area contributed by atoms with Crippen molar-refractivity contribution in [3.63, 3.8) is 0 Å². The first kappa shape index (κ1) is 14.4. The van der Waals surface area contributed by atoms with Gasteiger partial charge >= 0.3 is 0 Å². The fraction of sp³-hybridized carbons (Fsp3) is 0.647. The molecular formula is C17H26FN. The highest BCUT2D eigenvalue weighted by Crippen LogP contribution is 2.39. The molecule has 2 atom stereocenters. The molecule has 19 heavy (non-hydrogen) atoms. The summed E-state index contributed by atoms with van der Waals surface area (Å²) in [7, 11) is 0. The lowest BCUT2D eigenvalue weighted by atomic mass is 9.69. The highest BCUT2D eigenvalue weighted by atomic mass is 19.1. The molecule has 2 rings (SSSR count). The molecule has 0 saturated heterocycles. The summed E-state index contributed by atoms with van der Waals surface area (Å²) >= 11 is 0. The van der Waals surface area contributed by atoms with Crippen LogP contribution in [0.5, 0.6) is 0 Å². The number of rotatable bonds is 2. The Balaban J connectivity index is 2.17. The zero-order valence-electron chi connectivity index (χ0n) is 12.6. The maximum Gasteiger partial charge on any atom is 0.125 e. The number of halogens is 1. The van der Waals surface area contributed by atoms with Gasteiger partial charge in [0.25, 0.3) is 0 Å². The third kappa shape index (κ3) is 3.49.